The van der Waals surface area contributed by atoms with Crippen LogP contribution in [-0.2, 0) is 0 Å². The lowest BCUT2D eigenvalue weighted by molar-refractivity contribution is 1.19. The summed E-state index contributed by atoms with van der Waals surface area (Å²) in [6.45, 7) is 0. The quantitative estimate of drug-likeness (QED) is 0.255. The van der Waals surface area contributed by atoms with Crippen molar-refractivity contribution >= 4 is 69.3 Å². The highest BCUT2D eigenvalue weighted by Crippen LogP contribution is 2.31. The van der Waals surface area contributed by atoms with E-state index >= 15 is 0 Å². The second-order valence-corrected chi connectivity index (χ2v) is 7.76. The Morgan fingerprint density at radius 2 is 1.52 bits per heavy atom. The van der Waals surface area contributed by atoms with Crippen LogP contribution >= 0.6 is 46.4 Å². The first-order valence-electron chi connectivity index (χ1n) is 8.47. The van der Waals surface area contributed by atoms with Crippen molar-refractivity contribution in [3.05, 3.63) is 86.3 Å². The molecule has 0 aliphatic heterocycles. The van der Waals surface area contributed by atoms with Crippen LogP contribution in [0, 0.1) is 0 Å². The van der Waals surface area contributed by atoms with Gasteiger partial charge in [0.2, 0.25) is 0 Å². The largest absolute Gasteiger partial charge is 0.261 e. The van der Waals surface area contributed by atoms with Gasteiger partial charge in [-0.05, 0) is 42.5 Å². The van der Waals surface area contributed by atoms with Crippen molar-refractivity contribution in [1.82, 2.24) is 9.97 Å². The summed E-state index contributed by atoms with van der Waals surface area (Å²) in [6, 6.07) is 18.0. The van der Waals surface area contributed by atoms with Gasteiger partial charge in [0.1, 0.15) is 0 Å². The molecule has 0 amide bonds. The summed E-state index contributed by atoms with van der Waals surface area (Å²) in [7, 11) is 0. The number of fused-ring (bicyclic) bond motifs is 1. The molecular weight excluding hydrogens is 450 g/mol. The van der Waals surface area contributed by atoms with Gasteiger partial charge in [-0.2, -0.15) is 5.10 Å². The molecule has 0 spiro atoms. The molecule has 1 heterocycles. The summed E-state index contributed by atoms with van der Waals surface area (Å²) < 4.78 is 0. The average Bonchev–Trinajstić information content (AvgIpc) is 2.69. The number of nitrogens with zero attached hydrogens (tertiary/aromatic N) is 3. The fraction of sp³-hybridized carbons (Fsp3) is 0. The van der Waals surface area contributed by atoms with Crippen molar-refractivity contribution < 1.29 is 0 Å². The van der Waals surface area contributed by atoms with Crippen LogP contribution in [0.15, 0.2) is 65.8 Å². The maximum atomic E-state index is 6.34. The molecule has 4 rings (SSSR count). The molecule has 1 aromatic heterocycles. The maximum absolute atomic E-state index is 6.34. The molecule has 0 atom stereocenters. The molecule has 0 fully saturated rings. The first-order valence-corrected chi connectivity index (χ1v) is 9.99. The van der Waals surface area contributed by atoms with Crippen LogP contribution in [0.3, 0.4) is 0 Å². The van der Waals surface area contributed by atoms with Gasteiger partial charge in [-0.15, -0.1) is 0 Å². The van der Waals surface area contributed by atoms with Gasteiger partial charge in [0, 0.05) is 26.6 Å². The van der Waals surface area contributed by atoms with E-state index in [0.29, 0.717) is 37.3 Å². The summed E-state index contributed by atoms with van der Waals surface area (Å²) in [5.41, 5.74) is 5.13. The smallest absolute Gasteiger partial charge is 0.163 e. The molecule has 144 valence electrons. The second kappa shape index (κ2) is 8.56. The van der Waals surface area contributed by atoms with Gasteiger partial charge in [-0.3, -0.25) is 5.43 Å². The Morgan fingerprint density at radius 1 is 0.793 bits per heavy atom. The molecule has 0 radical (unpaired) electrons. The van der Waals surface area contributed by atoms with Crippen LogP contribution in [-0.4, -0.2) is 16.2 Å². The number of para-hydroxylation sites is 1. The van der Waals surface area contributed by atoms with Gasteiger partial charge >= 0.3 is 0 Å². The molecule has 1 N–H and O–H groups in total. The second-order valence-electron chi connectivity index (χ2n) is 6.07. The number of rotatable bonds is 4. The summed E-state index contributed by atoms with van der Waals surface area (Å²) in [6.07, 6.45) is 1.60. The average molecular weight is 462 g/mol. The van der Waals surface area contributed by atoms with Crippen molar-refractivity contribution in [3.63, 3.8) is 0 Å². The van der Waals surface area contributed by atoms with E-state index in [2.05, 4.69) is 20.5 Å². The molecule has 0 saturated heterocycles. The number of hydrogen-bond donors (Lipinski definition) is 1. The Kier molecular flexibility index (Phi) is 5.88. The minimum atomic E-state index is 0.465. The highest BCUT2D eigenvalue weighted by Gasteiger charge is 2.12. The third-order valence-corrected chi connectivity index (χ3v) is 5.22. The minimum Gasteiger partial charge on any atom is -0.261 e. The standard InChI is InChI=1S/C21H12Cl4N4/c22-13-6-5-12(17(24)9-13)11-26-29-21-16-3-1-2-4-19(16)27-20(28-21)15-8-7-14(23)10-18(15)25/h1-11H,(H,27,28,29)/b26-11+. The van der Waals surface area contributed by atoms with Gasteiger partial charge in [-0.1, -0.05) is 64.6 Å². The van der Waals surface area contributed by atoms with Crippen LogP contribution in [0.4, 0.5) is 5.82 Å². The normalized spacial score (nSPS) is 11.3. The third-order valence-electron chi connectivity index (χ3n) is 4.11. The van der Waals surface area contributed by atoms with Crippen molar-refractivity contribution in [2.75, 3.05) is 5.43 Å². The van der Waals surface area contributed by atoms with Gasteiger partial charge in [-0.25, -0.2) is 9.97 Å². The van der Waals surface area contributed by atoms with E-state index in [-0.39, 0.29) is 0 Å². The van der Waals surface area contributed by atoms with E-state index in [1.807, 2.05) is 24.3 Å². The number of benzene rings is 3. The van der Waals surface area contributed by atoms with Gasteiger partial charge in [0.05, 0.1) is 21.8 Å². The number of hydrogen-bond acceptors (Lipinski definition) is 4. The number of nitrogens with one attached hydrogen (secondary N) is 1. The topological polar surface area (TPSA) is 50.2 Å². The van der Waals surface area contributed by atoms with Crippen LogP contribution < -0.4 is 5.43 Å². The Morgan fingerprint density at radius 3 is 2.28 bits per heavy atom. The molecule has 0 bridgehead atoms. The molecule has 0 saturated carbocycles. The molecule has 0 aliphatic rings. The van der Waals surface area contributed by atoms with Gasteiger partial charge < -0.3 is 0 Å². The molecule has 0 aliphatic carbocycles. The maximum Gasteiger partial charge on any atom is 0.163 e. The molecule has 29 heavy (non-hydrogen) atoms. The number of halogens is 4. The number of aromatic nitrogens is 2. The summed E-state index contributed by atoms with van der Waals surface area (Å²) in [4.78, 5) is 9.23. The third kappa shape index (κ3) is 4.46. The molecule has 0 unspecified atom stereocenters. The van der Waals surface area contributed by atoms with E-state index in [4.69, 9.17) is 46.4 Å². The molecule has 4 nitrogen and oxygen atoms in total. The fourth-order valence-electron chi connectivity index (χ4n) is 2.72. The van der Waals surface area contributed by atoms with Crippen molar-refractivity contribution in [3.8, 4) is 11.4 Å². The lowest BCUT2D eigenvalue weighted by atomic mass is 10.2. The van der Waals surface area contributed by atoms with Crippen LogP contribution in [0.25, 0.3) is 22.3 Å². The van der Waals surface area contributed by atoms with Gasteiger partial charge in [0.15, 0.2) is 11.6 Å². The highest BCUT2D eigenvalue weighted by molar-refractivity contribution is 6.36. The summed E-state index contributed by atoms with van der Waals surface area (Å²) in [5.74, 6) is 1.01. The van der Waals surface area contributed by atoms with Crippen molar-refractivity contribution in [2.24, 2.45) is 5.10 Å². The Balaban J connectivity index is 1.74. The zero-order chi connectivity index (χ0) is 20.4. The van der Waals surface area contributed by atoms with E-state index in [9.17, 15) is 0 Å². The zero-order valence-electron chi connectivity index (χ0n) is 14.7. The molecule has 8 heteroatoms. The summed E-state index contributed by atoms with van der Waals surface area (Å²) in [5, 5.41) is 7.17. The van der Waals surface area contributed by atoms with Crippen LogP contribution in [0.2, 0.25) is 20.1 Å². The van der Waals surface area contributed by atoms with E-state index in [1.54, 1.807) is 42.6 Å². The van der Waals surface area contributed by atoms with Crippen LogP contribution in [0.5, 0.6) is 0 Å². The minimum absolute atomic E-state index is 0.465. The Bertz CT molecular complexity index is 1240. The first kappa shape index (κ1) is 19.9. The molecular formula is C21H12Cl4N4. The highest BCUT2D eigenvalue weighted by atomic mass is 35.5. The fourth-order valence-corrected chi connectivity index (χ4v) is 3.67. The Labute approximate surface area is 187 Å². The van der Waals surface area contributed by atoms with E-state index < -0.39 is 0 Å². The Hall–Kier alpha value is -2.37. The van der Waals surface area contributed by atoms with Crippen LogP contribution in [0.1, 0.15) is 5.56 Å². The van der Waals surface area contributed by atoms with Crippen molar-refractivity contribution in [2.45, 2.75) is 0 Å². The van der Waals surface area contributed by atoms with Crippen molar-refractivity contribution in [1.29, 1.82) is 0 Å². The predicted octanol–water partition coefficient (Wildman–Crippen LogP) is 7.36. The lowest BCUT2D eigenvalue weighted by Crippen LogP contribution is -1.99. The number of anilines is 1. The monoisotopic (exact) mass is 460 g/mol. The first-order chi connectivity index (χ1) is 14.0. The zero-order valence-corrected chi connectivity index (χ0v) is 17.7. The lowest BCUT2D eigenvalue weighted by Gasteiger charge is -2.09. The van der Waals surface area contributed by atoms with E-state index in [0.717, 1.165) is 16.5 Å². The van der Waals surface area contributed by atoms with E-state index in [1.165, 1.54) is 0 Å². The summed E-state index contributed by atoms with van der Waals surface area (Å²) >= 11 is 24.5. The predicted molar refractivity (Wildman–Crippen MR) is 123 cm³/mol. The SMILES string of the molecule is Clc1ccc(/C=N/Nc2nc(-c3ccc(Cl)cc3Cl)nc3ccccc23)c(Cl)c1. The van der Waals surface area contributed by atoms with Gasteiger partial charge in [0.25, 0.3) is 0 Å². The molecule has 3 aromatic carbocycles. The number of hydrazone groups is 1. The molecule has 4 aromatic rings.